The zero-order valence-electron chi connectivity index (χ0n) is 5.91. The van der Waals surface area contributed by atoms with Crippen LogP contribution in [0.4, 0.5) is 0 Å². The average Bonchev–Trinajstić information content (AvgIpc) is 0.722. The predicted octanol–water partition coefficient (Wildman–Crippen LogP) is -13.2. The molecule has 2 N–H and O–H groups in total. The van der Waals surface area contributed by atoms with E-state index in [1.165, 1.54) is 0 Å². The second kappa shape index (κ2) is 18.5. The smallest absolute Gasteiger partial charge is 1.00 e. The molecule has 5 nitrogen and oxygen atoms in total. The topological polar surface area (TPSA) is 107 Å². The molecule has 0 rings (SSSR count). The second-order valence-electron chi connectivity index (χ2n) is 0.428. The van der Waals surface area contributed by atoms with Crippen LogP contribution in [0.25, 0.3) is 0 Å². The van der Waals surface area contributed by atoms with E-state index in [1.54, 1.807) is 0 Å². The van der Waals surface area contributed by atoms with Crippen LogP contribution in [0, 0.1) is 0 Å². The largest absolute Gasteiger partial charge is 1.00 e. The van der Waals surface area contributed by atoms with Crippen molar-refractivity contribution in [1.29, 1.82) is 0 Å². The standard InChI is InChI=1S/ClH.K.2Na.H2O4S.H2O/c;;;;1-5(2,3)4;/h1H;;;;(H2,1,2,3,4);1H2/q;3*+1;;/p-3. The predicted molar refractivity (Wildman–Crippen MR) is 14.3 cm³/mol. The van der Waals surface area contributed by atoms with E-state index in [0.717, 1.165) is 0 Å². The minimum Gasteiger partial charge on any atom is -1.00 e. The van der Waals surface area contributed by atoms with Gasteiger partial charge in [0.25, 0.3) is 0 Å². The molecule has 0 heterocycles. The summed E-state index contributed by atoms with van der Waals surface area (Å²) in [4.78, 5) is 0. The summed E-state index contributed by atoms with van der Waals surface area (Å²) in [6.45, 7) is 0. The number of hydrogen-bond acceptors (Lipinski definition) is 4. The van der Waals surface area contributed by atoms with E-state index in [2.05, 4.69) is 0 Å². The van der Waals surface area contributed by atoms with Crippen molar-refractivity contribution in [2.75, 3.05) is 0 Å². The number of hydrogen-bond donors (Lipinski definition) is 1. The molecule has 10 heteroatoms. The van der Waals surface area contributed by atoms with Gasteiger partial charge in [0, 0.05) is 0 Å². The molecular weight excluding hydrogens is 233 g/mol. The molecule has 0 saturated carbocycles. The average molecular weight is 235 g/mol. The van der Waals surface area contributed by atoms with E-state index in [-0.39, 0.29) is 128 Å². The molecular formula is H2ClKNa2O5S. The van der Waals surface area contributed by atoms with Gasteiger partial charge in [0.15, 0.2) is 0 Å². The van der Waals surface area contributed by atoms with Crippen molar-refractivity contribution in [3.63, 3.8) is 0 Å². The minimum absolute atomic E-state index is 0. The van der Waals surface area contributed by atoms with Crippen LogP contribution in [0.2, 0.25) is 0 Å². The quantitative estimate of drug-likeness (QED) is 0.254. The molecule has 0 aromatic rings. The van der Waals surface area contributed by atoms with Crippen molar-refractivity contribution < 1.29 is 146 Å². The maximum atomic E-state index is 8.63. The fraction of sp³-hybridized carbons (Fsp3) is 0. The van der Waals surface area contributed by atoms with Gasteiger partial charge in [-0.05, 0) is 0 Å². The van der Waals surface area contributed by atoms with Crippen molar-refractivity contribution in [3.8, 4) is 0 Å². The Balaban J connectivity index is -0.00000000800. The monoisotopic (exact) mass is 234 g/mol. The molecule has 0 spiro atoms. The SMILES string of the molecule is O=S(=O)([O-])O.[Cl-].[K+].[Na+].[Na+].[OH-]. The first kappa shape index (κ1) is 37.2. The van der Waals surface area contributed by atoms with Crippen molar-refractivity contribution in [2.45, 2.75) is 0 Å². The summed E-state index contributed by atoms with van der Waals surface area (Å²) in [6.07, 6.45) is 0. The summed E-state index contributed by atoms with van der Waals surface area (Å²) in [6, 6.07) is 0. The molecule has 0 amide bonds. The molecule has 0 bridgehead atoms. The van der Waals surface area contributed by atoms with Crippen LogP contribution in [-0.2, 0) is 10.4 Å². The van der Waals surface area contributed by atoms with Gasteiger partial charge in [-0.25, -0.2) is 8.42 Å². The first-order chi connectivity index (χ1) is 2.00. The van der Waals surface area contributed by atoms with Gasteiger partial charge < -0.3 is 22.4 Å². The molecule has 0 atom stereocenters. The summed E-state index contributed by atoms with van der Waals surface area (Å²) in [5, 5.41) is 0. The van der Waals surface area contributed by atoms with Crippen LogP contribution in [0.15, 0.2) is 0 Å². The molecule has 0 fully saturated rings. The Bertz CT molecular complexity index is 103. The van der Waals surface area contributed by atoms with Crippen LogP contribution in [0.3, 0.4) is 0 Å². The molecule has 0 aliphatic heterocycles. The Morgan fingerprint density at radius 2 is 1.20 bits per heavy atom. The second-order valence-corrected chi connectivity index (χ2v) is 1.28. The van der Waals surface area contributed by atoms with Crippen LogP contribution >= 0.6 is 0 Å². The van der Waals surface area contributed by atoms with Crippen LogP contribution in [0.5, 0.6) is 0 Å². The van der Waals surface area contributed by atoms with Gasteiger partial charge in [0.1, 0.15) is 0 Å². The molecule has 0 unspecified atom stereocenters. The first-order valence-electron chi connectivity index (χ1n) is 0.683. The van der Waals surface area contributed by atoms with Gasteiger partial charge in [-0.3, -0.25) is 4.55 Å². The van der Waals surface area contributed by atoms with Crippen LogP contribution in [-0.4, -0.2) is 23.0 Å². The van der Waals surface area contributed by atoms with Crippen molar-refractivity contribution in [2.24, 2.45) is 0 Å². The van der Waals surface area contributed by atoms with Gasteiger partial charge in [0.05, 0.1) is 0 Å². The molecule has 0 aromatic carbocycles. The van der Waals surface area contributed by atoms with Gasteiger partial charge in [-0.1, -0.05) is 0 Å². The normalized spacial score (nSPS) is 5.80. The Morgan fingerprint density at radius 3 is 1.20 bits per heavy atom. The summed E-state index contributed by atoms with van der Waals surface area (Å²) in [5.41, 5.74) is 0. The van der Waals surface area contributed by atoms with Gasteiger partial charge >= 0.3 is 110 Å². The zero-order valence-corrected chi connectivity index (χ0v) is 14.6. The van der Waals surface area contributed by atoms with Crippen molar-refractivity contribution in [1.82, 2.24) is 0 Å². The summed E-state index contributed by atoms with van der Waals surface area (Å²) >= 11 is 0. The van der Waals surface area contributed by atoms with E-state index in [1.807, 2.05) is 0 Å². The van der Waals surface area contributed by atoms with Crippen LogP contribution in [0.1, 0.15) is 0 Å². The minimum atomic E-state index is -4.92. The van der Waals surface area contributed by atoms with E-state index >= 15 is 0 Å². The Kier molecular flexibility index (Phi) is 68.9. The first-order valence-corrected chi connectivity index (χ1v) is 2.05. The Labute approximate surface area is 152 Å². The van der Waals surface area contributed by atoms with E-state index < -0.39 is 10.4 Å². The van der Waals surface area contributed by atoms with Crippen molar-refractivity contribution >= 4 is 10.4 Å². The summed E-state index contributed by atoms with van der Waals surface area (Å²) in [5.74, 6) is 0. The molecule has 10 heavy (non-hydrogen) atoms. The fourth-order valence-electron chi connectivity index (χ4n) is 0. The third-order valence-corrected chi connectivity index (χ3v) is 0. The third-order valence-electron chi connectivity index (χ3n) is 0. The molecule has 48 valence electrons. The maximum absolute atomic E-state index is 8.63. The Morgan fingerprint density at radius 1 is 1.20 bits per heavy atom. The zero-order chi connectivity index (χ0) is 4.50. The Hall–Kier alpha value is 3.76. The molecule has 0 radical (unpaired) electrons. The number of rotatable bonds is 0. The maximum Gasteiger partial charge on any atom is 1.00 e. The van der Waals surface area contributed by atoms with Crippen LogP contribution < -0.4 is 123 Å². The number of halogens is 1. The van der Waals surface area contributed by atoms with Gasteiger partial charge in [0.2, 0.25) is 10.4 Å². The van der Waals surface area contributed by atoms with E-state index in [0.29, 0.717) is 0 Å². The molecule has 0 aliphatic carbocycles. The molecule has 0 aliphatic rings. The summed E-state index contributed by atoms with van der Waals surface area (Å²) in [7, 11) is -4.92. The molecule has 0 saturated heterocycles. The van der Waals surface area contributed by atoms with E-state index in [4.69, 9.17) is 17.5 Å². The summed E-state index contributed by atoms with van der Waals surface area (Å²) < 4.78 is 32.8. The van der Waals surface area contributed by atoms with E-state index in [9.17, 15) is 0 Å². The molecule has 0 aromatic heterocycles. The fourth-order valence-corrected chi connectivity index (χ4v) is 0. The van der Waals surface area contributed by atoms with Gasteiger partial charge in [-0.2, -0.15) is 0 Å². The third kappa shape index (κ3) is 96.4. The van der Waals surface area contributed by atoms with Crippen molar-refractivity contribution in [3.05, 3.63) is 0 Å². The van der Waals surface area contributed by atoms with Gasteiger partial charge in [-0.15, -0.1) is 0 Å².